The van der Waals surface area contributed by atoms with Crippen LogP contribution in [-0.4, -0.2) is 23.9 Å². The van der Waals surface area contributed by atoms with Crippen molar-refractivity contribution in [2.75, 3.05) is 7.11 Å². The molecule has 1 rings (SSSR count). The van der Waals surface area contributed by atoms with Crippen LogP contribution >= 0.6 is 0 Å². The van der Waals surface area contributed by atoms with Gasteiger partial charge in [-0.2, -0.15) is 4.79 Å². The monoisotopic (exact) mass is 218 g/mol. The van der Waals surface area contributed by atoms with Crippen LogP contribution in [0.1, 0.15) is 18.4 Å². The fraction of sp³-hybridized carbons (Fsp3) is 0.333. The van der Waals surface area contributed by atoms with Crippen LogP contribution in [0.5, 0.6) is 5.75 Å². The van der Waals surface area contributed by atoms with Gasteiger partial charge in [-0.3, -0.25) is 4.79 Å². The van der Waals surface area contributed by atoms with Gasteiger partial charge in [0.05, 0.1) is 7.11 Å². The summed E-state index contributed by atoms with van der Waals surface area (Å²) < 4.78 is 5.04. The molecule has 0 heterocycles. The Labute approximate surface area is 94.5 Å². The molecule has 4 nitrogen and oxygen atoms in total. The number of nitrogens with zero attached hydrogens (tertiary/aromatic N) is 2. The van der Waals surface area contributed by atoms with Crippen LogP contribution in [0, 0.1) is 0 Å². The summed E-state index contributed by atoms with van der Waals surface area (Å²) in [5.74, 6) is 0.670. The number of methoxy groups -OCH3 is 1. The van der Waals surface area contributed by atoms with Gasteiger partial charge in [-0.15, -0.1) is 0 Å². The first kappa shape index (κ1) is 12.1. The van der Waals surface area contributed by atoms with Crippen molar-refractivity contribution in [1.29, 1.82) is 0 Å². The minimum absolute atomic E-state index is 0.156. The molecule has 0 atom stereocenters. The van der Waals surface area contributed by atoms with Crippen molar-refractivity contribution in [2.45, 2.75) is 19.3 Å². The van der Waals surface area contributed by atoms with E-state index in [1.54, 1.807) is 7.11 Å². The molecule has 0 aliphatic rings. The maximum Gasteiger partial charge on any atom is 0.323 e. The summed E-state index contributed by atoms with van der Waals surface area (Å²) >= 11 is 0. The lowest BCUT2D eigenvalue weighted by Gasteiger charge is -2.02. The van der Waals surface area contributed by atoms with E-state index in [2.05, 4.69) is 4.79 Å². The maximum absolute atomic E-state index is 11.0. The quantitative estimate of drug-likeness (QED) is 0.416. The van der Waals surface area contributed by atoms with E-state index in [-0.39, 0.29) is 5.78 Å². The molecule has 0 aliphatic heterocycles. The second kappa shape index (κ2) is 6.53. The summed E-state index contributed by atoms with van der Waals surface area (Å²) in [6.07, 6.45) is 2.91. The van der Waals surface area contributed by atoms with E-state index >= 15 is 0 Å². The van der Waals surface area contributed by atoms with Crippen LogP contribution in [-0.2, 0) is 11.2 Å². The fourth-order valence-corrected chi connectivity index (χ4v) is 1.39. The number of ether oxygens (including phenoxy) is 1. The molecule has 0 bridgehead atoms. The first-order valence-electron chi connectivity index (χ1n) is 5.09. The van der Waals surface area contributed by atoms with Gasteiger partial charge in [0, 0.05) is 6.42 Å². The van der Waals surface area contributed by atoms with Crippen LogP contribution in [0.15, 0.2) is 24.3 Å². The van der Waals surface area contributed by atoms with Gasteiger partial charge in [0.1, 0.15) is 5.75 Å². The van der Waals surface area contributed by atoms with Gasteiger partial charge in [-0.25, -0.2) is 0 Å². The lowest BCUT2D eigenvalue weighted by atomic mass is 10.1. The summed E-state index contributed by atoms with van der Waals surface area (Å²) in [4.78, 5) is 13.7. The number of rotatable bonds is 6. The van der Waals surface area contributed by atoms with Crippen LogP contribution in [0.2, 0.25) is 0 Å². The highest BCUT2D eigenvalue weighted by molar-refractivity contribution is 6.25. The van der Waals surface area contributed by atoms with Crippen LogP contribution in [0.4, 0.5) is 0 Å². The number of ketones is 1. The predicted octanol–water partition coefficient (Wildman–Crippen LogP) is 1.89. The number of benzene rings is 1. The normalized spacial score (nSPS) is 9.31. The Bertz CT molecular complexity index is 392. The Morgan fingerprint density at radius 2 is 2.12 bits per heavy atom. The third-order valence-electron chi connectivity index (χ3n) is 2.25. The summed E-state index contributed by atoms with van der Waals surface area (Å²) in [6, 6.07) is 7.74. The molecule has 0 amide bonds. The average molecular weight is 218 g/mol. The van der Waals surface area contributed by atoms with Gasteiger partial charge in [0.25, 0.3) is 0 Å². The summed E-state index contributed by atoms with van der Waals surface area (Å²) in [5, 5.41) is 0. The van der Waals surface area contributed by atoms with Crippen molar-refractivity contribution in [2.24, 2.45) is 0 Å². The van der Waals surface area contributed by atoms with Gasteiger partial charge in [0.15, 0.2) is 0 Å². The molecule has 0 aliphatic carbocycles. The van der Waals surface area contributed by atoms with E-state index in [1.165, 1.54) is 0 Å². The van der Waals surface area contributed by atoms with Crippen molar-refractivity contribution in [3.8, 4) is 5.75 Å². The number of hydrogen-bond donors (Lipinski definition) is 0. The van der Waals surface area contributed by atoms with Crippen LogP contribution in [0.3, 0.4) is 0 Å². The van der Waals surface area contributed by atoms with Crippen molar-refractivity contribution in [1.82, 2.24) is 0 Å². The van der Waals surface area contributed by atoms with E-state index in [1.807, 2.05) is 24.3 Å². The number of aryl methyl sites for hydroxylation is 1. The Kier molecular flexibility index (Phi) is 4.96. The number of carbonyl (C=O) groups excluding carboxylic acids is 1. The fourth-order valence-electron chi connectivity index (χ4n) is 1.39. The topological polar surface area (TPSA) is 62.7 Å². The van der Waals surface area contributed by atoms with Gasteiger partial charge in [-0.05, 0) is 30.5 Å². The van der Waals surface area contributed by atoms with Crippen LogP contribution < -0.4 is 4.74 Å². The largest absolute Gasteiger partial charge is 0.497 e. The minimum atomic E-state index is -0.156. The van der Waals surface area contributed by atoms with Gasteiger partial charge in [-0.1, -0.05) is 12.1 Å². The van der Waals surface area contributed by atoms with Gasteiger partial charge >= 0.3 is 6.21 Å². The second-order valence-electron chi connectivity index (χ2n) is 3.41. The Balaban J connectivity index is 2.37. The molecular weight excluding hydrogens is 204 g/mol. The second-order valence-corrected chi connectivity index (χ2v) is 3.41. The number of hydrogen-bond acceptors (Lipinski definition) is 2. The SMILES string of the molecule is COc1ccc(CCCC(=O)C=[N+]=[N-])cc1. The zero-order chi connectivity index (χ0) is 11.8. The molecule has 0 fully saturated rings. The molecule has 1 aromatic carbocycles. The summed E-state index contributed by atoms with van der Waals surface area (Å²) in [5.41, 5.74) is 9.31. The van der Waals surface area contributed by atoms with Crippen LogP contribution in [0.25, 0.3) is 5.53 Å². The maximum atomic E-state index is 11.0. The highest BCUT2D eigenvalue weighted by atomic mass is 16.5. The zero-order valence-corrected chi connectivity index (χ0v) is 9.22. The first-order valence-corrected chi connectivity index (χ1v) is 5.09. The van der Waals surface area contributed by atoms with Crippen molar-refractivity contribution < 1.29 is 14.3 Å². The Morgan fingerprint density at radius 3 is 2.69 bits per heavy atom. The Hall–Kier alpha value is -1.93. The van der Waals surface area contributed by atoms with E-state index in [0.717, 1.165) is 30.4 Å². The van der Waals surface area contributed by atoms with Crippen molar-refractivity contribution >= 4 is 12.0 Å². The highest BCUT2D eigenvalue weighted by Gasteiger charge is 2.02. The standard InChI is InChI=1S/C12H14N2O2/c1-16-12-7-5-10(6-8-12)3-2-4-11(15)9-14-13/h5-9H,2-4H2,1H3. The highest BCUT2D eigenvalue weighted by Crippen LogP contribution is 2.13. The molecule has 0 saturated carbocycles. The summed E-state index contributed by atoms with van der Waals surface area (Å²) in [7, 11) is 1.63. The molecule has 0 saturated heterocycles. The molecule has 0 spiro atoms. The molecular formula is C12H14N2O2. The third-order valence-corrected chi connectivity index (χ3v) is 2.25. The van der Waals surface area contributed by atoms with E-state index in [4.69, 9.17) is 10.3 Å². The molecule has 0 N–H and O–H groups in total. The smallest absolute Gasteiger partial charge is 0.323 e. The average Bonchev–Trinajstić information content (AvgIpc) is 2.30. The van der Waals surface area contributed by atoms with Gasteiger partial charge in [0.2, 0.25) is 5.78 Å². The Morgan fingerprint density at radius 1 is 1.44 bits per heavy atom. The third kappa shape index (κ3) is 4.07. The molecule has 0 unspecified atom stereocenters. The minimum Gasteiger partial charge on any atom is -0.497 e. The van der Waals surface area contributed by atoms with E-state index in [9.17, 15) is 4.79 Å². The molecule has 0 aromatic heterocycles. The molecule has 16 heavy (non-hydrogen) atoms. The molecule has 84 valence electrons. The summed E-state index contributed by atoms with van der Waals surface area (Å²) in [6.45, 7) is 0. The van der Waals surface area contributed by atoms with Crippen molar-refractivity contribution in [3.63, 3.8) is 0 Å². The number of Topliss-reactive ketones (excluding diaryl/α,β-unsaturated/α-hetero) is 1. The first-order chi connectivity index (χ1) is 7.76. The van der Waals surface area contributed by atoms with Crippen molar-refractivity contribution in [3.05, 3.63) is 35.4 Å². The molecule has 0 radical (unpaired) electrons. The molecule has 4 heteroatoms. The lowest BCUT2D eigenvalue weighted by molar-refractivity contribution is -0.116. The van der Waals surface area contributed by atoms with Gasteiger partial charge < -0.3 is 10.3 Å². The predicted molar refractivity (Wildman–Crippen MR) is 60.6 cm³/mol. The lowest BCUT2D eigenvalue weighted by Crippen LogP contribution is -2.00. The zero-order valence-electron chi connectivity index (χ0n) is 9.22. The molecule has 1 aromatic rings. The number of carbonyl (C=O) groups is 1. The van der Waals surface area contributed by atoms with E-state index < -0.39 is 0 Å². The van der Waals surface area contributed by atoms with E-state index in [0.29, 0.717) is 6.42 Å².